The molecule has 1 heterocycles. The topological polar surface area (TPSA) is 64.4 Å². The van der Waals surface area contributed by atoms with Crippen molar-refractivity contribution in [2.75, 3.05) is 17.6 Å². The maximum Gasteiger partial charge on any atom is 0.177 e. The van der Waals surface area contributed by atoms with Gasteiger partial charge in [-0.15, -0.1) is 11.3 Å². The lowest BCUT2D eigenvalue weighted by Gasteiger charge is -2.12. The smallest absolute Gasteiger partial charge is 0.177 e. The predicted octanol–water partition coefficient (Wildman–Crippen LogP) is 3.14. The van der Waals surface area contributed by atoms with E-state index in [4.69, 9.17) is 10.5 Å². The molecule has 5 heteroatoms. The Morgan fingerprint density at radius 2 is 2.18 bits per heavy atom. The third kappa shape index (κ3) is 3.36. The van der Waals surface area contributed by atoms with Gasteiger partial charge in [0.25, 0.3) is 0 Å². The van der Waals surface area contributed by atoms with Crippen molar-refractivity contribution in [1.82, 2.24) is 0 Å². The summed E-state index contributed by atoms with van der Waals surface area (Å²) in [7, 11) is 0. The van der Waals surface area contributed by atoms with Crippen molar-refractivity contribution in [2.45, 2.75) is 40.2 Å². The van der Waals surface area contributed by atoms with Crippen LogP contribution in [0.15, 0.2) is 0 Å². The number of ether oxygens (including phenoxy) is 1. The quantitative estimate of drug-likeness (QED) is 0.767. The molecule has 1 aromatic rings. The Morgan fingerprint density at radius 1 is 1.53 bits per heavy atom. The fraction of sp³-hybridized carbons (Fsp3) is 0.583. The van der Waals surface area contributed by atoms with Crippen LogP contribution in [0, 0.1) is 0 Å². The number of carbonyl (C=O) groups excluding carboxylic acids is 1. The highest BCUT2D eigenvalue weighted by Crippen LogP contribution is 2.43. The van der Waals surface area contributed by atoms with Gasteiger partial charge in [-0.3, -0.25) is 4.79 Å². The van der Waals surface area contributed by atoms with Gasteiger partial charge in [-0.2, -0.15) is 0 Å². The van der Waals surface area contributed by atoms with Crippen LogP contribution >= 0.6 is 11.3 Å². The van der Waals surface area contributed by atoms with Crippen LogP contribution in [0.2, 0.25) is 0 Å². The van der Waals surface area contributed by atoms with Crippen molar-refractivity contribution < 1.29 is 9.53 Å². The Labute approximate surface area is 106 Å². The van der Waals surface area contributed by atoms with Crippen LogP contribution in [0.25, 0.3) is 0 Å². The number of ketones is 1. The van der Waals surface area contributed by atoms with Crippen LogP contribution in [0.3, 0.4) is 0 Å². The Morgan fingerprint density at radius 3 is 2.65 bits per heavy atom. The zero-order valence-electron chi connectivity index (χ0n) is 10.8. The van der Waals surface area contributed by atoms with Crippen molar-refractivity contribution in [1.29, 1.82) is 0 Å². The number of hydrogen-bond donors (Lipinski definition) is 2. The first-order valence-electron chi connectivity index (χ1n) is 5.81. The van der Waals surface area contributed by atoms with E-state index in [1.165, 1.54) is 18.3 Å². The Balaban J connectivity index is 3.07. The molecule has 1 aromatic heterocycles. The maximum atomic E-state index is 11.4. The van der Waals surface area contributed by atoms with Crippen LogP contribution in [0.5, 0.6) is 5.75 Å². The number of Topliss-reactive ketones (excluding diaryl/α,β-unsaturated/α-hetero) is 1. The minimum atomic E-state index is -0.0225. The highest BCUT2D eigenvalue weighted by Gasteiger charge is 2.20. The first kappa shape index (κ1) is 13.8. The molecule has 96 valence electrons. The van der Waals surface area contributed by atoms with Gasteiger partial charge in [0, 0.05) is 13.5 Å². The second-order valence-electron chi connectivity index (χ2n) is 4.15. The van der Waals surface area contributed by atoms with Gasteiger partial charge in [-0.05, 0) is 20.3 Å². The fourth-order valence-electron chi connectivity index (χ4n) is 1.40. The molecule has 0 amide bonds. The third-order valence-corrected chi connectivity index (χ3v) is 3.35. The van der Waals surface area contributed by atoms with E-state index in [-0.39, 0.29) is 11.9 Å². The minimum absolute atomic E-state index is 0.0225. The van der Waals surface area contributed by atoms with Gasteiger partial charge in [-0.25, -0.2) is 0 Å². The normalized spacial score (nSPS) is 10.6. The van der Waals surface area contributed by atoms with Gasteiger partial charge >= 0.3 is 0 Å². The van der Waals surface area contributed by atoms with Crippen molar-refractivity contribution in [3.05, 3.63) is 4.88 Å². The van der Waals surface area contributed by atoms with E-state index in [2.05, 4.69) is 12.2 Å². The minimum Gasteiger partial charge on any atom is -0.486 e. The molecule has 0 unspecified atom stereocenters. The number of nitrogens with two attached hydrogens (primary N) is 1. The molecule has 0 aliphatic heterocycles. The summed E-state index contributed by atoms with van der Waals surface area (Å²) in [6.07, 6.45) is 1.04. The molecule has 0 spiro atoms. The van der Waals surface area contributed by atoms with Crippen LogP contribution in [0.4, 0.5) is 10.7 Å². The number of carbonyl (C=O) groups is 1. The Hall–Kier alpha value is -1.23. The molecule has 0 radical (unpaired) electrons. The summed E-state index contributed by atoms with van der Waals surface area (Å²) in [5, 5.41) is 4.10. The molecule has 0 saturated heterocycles. The van der Waals surface area contributed by atoms with Crippen LogP contribution < -0.4 is 15.8 Å². The first-order valence-corrected chi connectivity index (χ1v) is 6.62. The number of thiophene rings is 1. The molecule has 1 rings (SSSR count). The summed E-state index contributed by atoms with van der Waals surface area (Å²) in [5.41, 5.74) is 6.40. The molecule has 0 aromatic carbocycles. The van der Waals surface area contributed by atoms with Crippen molar-refractivity contribution in [3.8, 4) is 5.75 Å². The van der Waals surface area contributed by atoms with Gasteiger partial charge in [0.05, 0.1) is 16.7 Å². The van der Waals surface area contributed by atoms with E-state index in [9.17, 15) is 4.79 Å². The molecule has 0 atom stereocenters. The number of anilines is 2. The summed E-state index contributed by atoms with van der Waals surface area (Å²) in [6, 6.07) is 0. The zero-order valence-corrected chi connectivity index (χ0v) is 11.6. The SMILES string of the molecule is CCCNc1sc(C(C)=O)c(N)c1OC(C)C. The van der Waals surface area contributed by atoms with Gasteiger partial charge in [0.2, 0.25) is 0 Å². The number of hydrogen-bond acceptors (Lipinski definition) is 5. The molecule has 0 fully saturated rings. The fourth-order valence-corrected chi connectivity index (χ4v) is 2.37. The maximum absolute atomic E-state index is 11.4. The molecule has 0 saturated carbocycles. The van der Waals surface area contributed by atoms with Gasteiger partial charge in [0.1, 0.15) is 5.00 Å². The van der Waals surface area contributed by atoms with Crippen LogP contribution in [-0.2, 0) is 0 Å². The predicted molar refractivity (Wildman–Crippen MR) is 73.3 cm³/mol. The largest absolute Gasteiger partial charge is 0.486 e. The van der Waals surface area contributed by atoms with E-state index in [1.54, 1.807) is 0 Å². The summed E-state index contributed by atoms with van der Waals surface area (Å²) < 4.78 is 5.67. The summed E-state index contributed by atoms with van der Waals surface area (Å²) in [5.74, 6) is 0.592. The average Bonchev–Trinajstić information content (AvgIpc) is 2.53. The second-order valence-corrected chi connectivity index (χ2v) is 5.17. The van der Waals surface area contributed by atoms with Crippen LogP contribution in [-0.4, -0.2) is 18.4 Å². The third-order valence-electron chi connectivity index (χ3n) is 2.11. The lowest BCUT2D eigenvalue weighted by molar-refractivity contribution is 0.102. The monoisotopic (exact) mass is 256 g/mol. The van der Waals surface area contributed by atoms with Crippen molar-refractivity contribution >= 4 is 27.8 Å². The van der Waals surface area contributed by atoms with Gasteiger partial charge < -0.3 is 15.8 Å². The lowest BCUT2D eigenvalue weighted by Crippen LogP contribution is -2.09. The Kier molecular flexibility index (Phi) is 4.81. The van der Waals surface area contributed by atoms with E-state index in [1.807, 2.05) is 13.8 Å². The number of nitrogens with one attached hydrogen (secondary N) is 1. The Bertz CT molecular complexity index is 399. The van der Waals surface area contributed by atoms with E-state index >= 15 is 0 Å². The molecular weight excluding hydrogens is 236 g/mol. The van der Waals surface area contributed by atoms with Gasteiger partial charge in [-0.1, -0.05) is 6.92 Å². The molecular formula is C12H20N2O2S. The molecule has 3 N–H and O–H groups in total. The van der Waals surface area contributed by atoms with Crippen molar-refractivity contribution in [3.63, 3.8) is 0 Å². The van der Waals surface area contributed by atoms with Crippen molar-refractivity contribution in [2.24, 2.45) is 0 Å². The molecule has 0 aliphatic rings. The highest BCUT2D eigenvalue weighted by atomic mass is 32.1. The van der Waals surface area contributed by atoms with E-state index in [0.717, 1.165) is 18.0 Å². The summed E-state index contributed by atoms with van der Waals surface area (Å²) >= 11 is 1.37. The zero-order chi connectivity index (χ0) is 13.0. The molecule has 0 aliphatic carbocycles. The first-order chi connectivity index (χ1) is 7.97. The highest BCUT2D eigenvalue weighted by molar-refractivity contribution is 7.19. The van der Waals surface area contributed by atoms with Gasteiger partial charge in [0.15, 0.2) is 11.5 Å². The lowest BCUT2D eigenvalue weighted by atomic mass is 10.3. The molecule has 0 bridgehead atoms. The molecule has 17 heavy (non-hydrogen) atoms. The number of nitrogen functional groups attached to an aromatic ring is 1. The van der Waals surface area contributed by atoms with E-state index in [0.29, 0.717) is 16.3 Å². The van der Waals surface area contributed by atoms with E-state index < -0.39 is 0 Å². The number of rotatable bonds is 6. The molecule has 4 nitrogen and oxygen atoms in total. The average molecular weight is 256 g/mol. The second kappa shape index (κ2) is 5.91. The summed E-state index contributed by atoms with van der Waals surface area (Å²) in [4.78, 5) is 12.0. The van der Waals surface area contributed by atoms with Crippen LogP contribution in [0.1, 0.15) is 43.8 Å². The standard InChI is InChI=1S/C12H20N2O2S/c1-5-6-14-12-10(16-7(2)3)9(13)11(17-12)8(4)15/h7,14H,5-6,13H2,1-4H3. The summed E-state index contributed by atoms with van der Waals surface area (Å²) in [6.45, 7) is 8.32.